The molecule has 2 rings (SSSR count). The SMILES string of the molecule is O=C(NC1CCC1)c1ccnc(Cl)c1[N+](=O)[O-]. The van der Waals surface area contributed by atoms with Gasteiger partial charge in [-0.05, 0) is 25.3 Å². The van der Waals surface area contributed by atoms with Crippen LogP contribution in [0, 0.1) is 10.1 Å². The van der Waals surface area contributed by atoms with Gasteiger partial charge in [-0.15, -0.1) is 0 Å². The lowest BCUT2D eigenvalue weighted by Gasteiger charge is -2.26. The highest BCUT2D eigenvalue weighted by molar-refractivity contribution is 6.32. The van der Waals surface area contributed by atoms with Crippen molar-refractivity contribution in [3.63, 3.8) is 0 Å². The van der Waals surface area contributed by atoms with Crippen molar-refractivity contribution in [2.24, 2.45) is 0 Å². The van der Waals surface area contributed by atoms with Crippen molar-refractivity contribution in [1.29, 1.82) is 0 Å². The minimum atomic E-state index is -0.689. The molecular weight excluding hydrogens is 246 g/mol. The number of nitrogens with zero attached hydrogens (tertiary/aromatic N) is 2. The average Bonchev–Trinajstić information content (AvgIpc) is 2.22. The number of carbonyl (C=O) groups is 1. The Hall–Kier alpha value is -1.69. The molecule has 90 valence electrons. The molecule has 1 aromatic rings. The zero-order valence-corrected chi connectivity index (χ0v) is 9.61. The summed E-state index contributed by atoms with van der Waals surface area (Å²) in [6, 6.07) is 1.42. The van der Waals surface area contributed by atoms with Crippen molar-refractivity contribution in [2.45, 2.75) is 25.3 Å². The predicted octanol–water partition coefficient (Wildman–Crippen LogP) is 1.93. The van der Waals surface area contributed by atoms with Crippen molar-refractivity contribution in [3.8, 4) is 0 Å². The molecule has 1 fully saturated rings. The Bertz CT molecular complexity index is 474. The molecule has 0 bridgehead atoms. The van der Waals surface area contributed by atoms with Crippen molar-refractivity contribution < 1.29 is 9.72 Å². The molecule has 6 nitrogen and oxygen atoms in total. The van der Waals surface area contributed by atoms with Crippen LogP contribution in [-0.2, 0) is 0 Å². The molecule has 0 aliphatic heterocycles. The molecule has 0 saturated heterocycles. The van der Waals surface area contributed by atoms with Gasteiger partial charge in [0, 0.05) is 12.2 Å². The highest BCUT2D eigenvalue weighted by Crippen LogP contribution is 2.26. The van der Waals surface area contributed by atoms with E-state index in [1.165, 1.54) is 12.3 Å². The summed E-state index contributed by atoms with van der Waals surface area (Å²) in [4.78, 5) is 25.6. The zero-order valence-electron chi connectivity index (χ0n) is 8.85. The normalized spacial score (nSPS) is 15.1. The van der Waals surface area contributed by atoms with Gasteiger partial charge in [0.2, 0.25) is 5.15 Å². The van der Waals surface area contributed by atoms with Crippen molar-refractivity contribution >= 4 is 23.2 Å². The molecule has 1 saturated carbocycles. The van der Waals surface area contributed by atoms with Crippen LogP contribution in [-0.4, -0.2) is 21.9 Å². The van der Waals surface area contributed by atoms with Crippen LogP contribution in [0.3, 0.4) is 0 Å². The first-order chi connectivity index (χ1) is 8.09. The van der Waals surface area contributed by atoms with Crippen LogP contribution < -0.4 is 5.32 Å². The van der Waals surface area contributed by atoms with Gasteiger partial charge in [0.25, 0.3) is 5.91 Å². The maximum atomic E-state index is 11.8. The van der Waals surface area contributed by atoms with Gasteiger partial charge >= 0.3 is 5.69 Å². The van der Waals surface area contributed by atoms with E-state index in [4.69, 9.17) is 11.6 Å². The molecule has 0 atom stereocenters. The van der Waals surface area contributed by atoms with Crippen LogP contribution in [0.2, 0.25) is 5.15 Å². The van der Waals surface area contributed by atoms with Gasteiger partial charge in [0.15, 0.2) is 0 Å². The summed E-state index contributed by atoms with van der Waals surface area (Å²) in [5, 5.41) is 13.3. The fraction of sp³-hybridized carbons (Fsp3) is 0.400. The molecule has 0 spiro atoms. The first kappa shape index (κ1) is 11.8. The standard InChI is InChI=1S/C10H10ClN3O3/c11-9-8(14(16)17)7(4-5-12-9)10(15)13-6-2-1-3-6/h4-6H,1-3H2,(H,13,15). The molecule has 0 radical (unpaired) electrons. The van der Waals surface area contributed by atoms with Gasteiger partial charge < -0.3 is 5.32 Å². The van der Waals surface area contributed by atoms with Gasteiger partial charge in [-0.2, -0.15) is 0 Å². The van der Waals surface area contributed by atoms with Crippen LogP contribution in [0.5, 0.6) is 0 Å². The summed E-state index contributed by atoms with van der Waals surface area (Å²) < 4.78 is 0. The van der Waals surface area contributed by atoms with E-state index in [-0.39, 0.29) is 16.8 Å². The van der Waals surface area contributed by atoms with Crippen LogP contribution in [0.25, 0.3) is 0 Å². The smallest absolute Gasteiger partial charge is 0.319 e. The number of halogens is 1. The second-order valence-electron chi connectivity index (χ2n) is 3.86. The molecule has 7 heteroatoms. The summed E-state index contributed by atoms with van der Waals surface area (Å²) in [5.74, 6) is -0.467. The average molecular weight is 256 g/mol. The number of aromatic nitrogens is 1. The predicted molar refractivity (Wildman–Crippen MR) is 61.0 cm³/mol. The number of pyridine rings is 1. The van der Waals surface area contributed by atoms with Gasteiger partial charge in [-0.25, -0.2) is 4.98 Å². The van der Waals surface area contributed by atoms with Crippen LogP contribution in [0.4, 0.5) is 5.69 Å². The van der Waals surface area contributed by atoms with Crippen LogP contribution in [0.1, 0.15) is 29.6 Å². The number of rotatable bonds is 3. The Morgan fingerprint density at radius 2 is 2.29 bits per heavy atom. The van der Waals surface area contributed by atoms with Crippen molar-refractivity contribution in [1.82, 2.24) is 10.3 Å². The van der Waals surface area contributed by atoms with E-state index in [0.29, 0.717) is 0 Å². The Kier molecular flexibility index (Phi) is 3.23. The number of hydrogen-bond donors (Lipinski definition) is 1. The Morgan fingerprint density at radius 3 is 2.82 bits per heavy atom. The molecule has 17 heavy (non-hydrogen) atoms. The highest BCUT2D eigenvalue weighted by Gasteiger charge is 2.27. The third-order valence-electron chi connectivity index (χ3n) is 2.75. The van der Waals surface area contributed by atoms with E-state index in [1.54, 1.807) is 0 Å². The first-order valence-corrected chi connectivity index (χ1v) is 5.57. The van der Waals surface area contributed by atoms with Gasteiger partial charge in [-0.3, -0.25) is 14.9 Å². The lowest BCUT2D eigenvalue weighted by molar-refractivity contribution is -0.385. The molecule has 1 N–H and O–H groups in total. The molecule has 1 aliphatic carbocycles. The molecule has 0 aromatic carbocycles. The summed E-state index contributed by atoms with van der Waals surface area (Å²) in [6.07, 6.45) is 4.19. The fourth-order valence-electron chi connectivity index (χ4n) is 1.60. The minimum Gasteiger partial charge on any atom is -0.349 e. The lowest BCUT2D eigenvalue weighted by atomic mass is 9.93. The molecule has 1 aromatic heterocycles. The van der Waals surface area contributed by atoms with Gasteiger partial charge in [0.05, 0.1) is 4.92 Å². The van der Waals surface area contributed by atoms with Crippen molar-refractivity contribution in [2.75, 3.05) is 0 Å². The van der Waals surface area contributed by atoms with Crippen molar-refractivity contribution in [3.05, 3.63) is 33.1 Å². The highest BCUT2D eigenvalue weighted by atomic mass is 35.5. The van der Waals surface area contributed by atoms with Crippen LogP contribution in [0.15, 0.2) is 12.3 Å². The number of hydrogen-bond acceptors (Lipinski definition) is 4. The number of nitrogens with one attached hydrogen (secondary N) is 1. The van der Waals surface area contributed by atoms with E-state index >= 15 is 0 Å². The van der Waals surface area contributed by atoms with E-state index in [9.17, 15) is 14.9 Å². The second-order valence-corrected chi connectivity index (χ2v) is 4.21. The molecule has 1 aliphatic rings. The third kappa shape index (κ3) is 2.36. The minimum absolute atomic E-state index is 0.0399. The molecule has 0 unspecified atom stereocenters. The van der Waals surface area contributed by atoms with E-state index in [2.05, 4.69) is 10.3 Å². The number of nitro groups is 1. The summed E-state index contributed by atoms with van der Waals surface area (Å²) in [6.45, 7) is 0. The maximum absolute atomic E-state index is 11.8. The second kappa shape index (κ2) is 4.67. The summed E-state index contributed by atoms with van der Waals surface area (Å²) in [5.41, 5.74) is -0.479. The zero-order chi connectivity index (χ0) is 12.4. The van der Waals surface area contributed by atoms with Crippen LogP contribution >= 0.6 is 11.6 Å². The number of amides is 1. The Morgan fingerprint density at radius 1 is 1.59 bits per heavy atom. The lowest BCUT2D eigenvalue weighted by Crippen LogP contribution is -2.39. The Balaban J connectivity index is 2.27. The third-order valence-corrected chi connectivity index (χ3v) is 3.02. The number of carbonyl (C=O) groups excluding carboxylic acids is 1. The van der Waals surface area contributed by atoms with E-state index in [0.717, 1.165) is 19.3 Å². The summed E-state index contributed by atoms with van der Waals surface area (Å²) in [7, 11) is 0. The topological polar surface area (TPSA) is 85.1 Å². The first-order valence-electron chi connectivity index (χ1n) is 5.19. The fourth-order valence-corrected chi connectivity index (χ4v) is 1.83. The summed E-state index contributed by atoms with van der Waals surface area (Å²) >= 11 is 5.62. The van der Waals surface area contributed by atoms with Gasteiger partial charge in [-0.1, -0.05) is 11.6 Å². The molecular formula is C10H10ClN3O3. The Labute approximate surface area is 102 Å². The molecule has 1 amide bonds. The monoisotopic (exact) mass is 255 g/mol. The maximum Gasteiger partial charge on any atom is 0.319 e. The quantitative estimate of drug-likeness (QED) is 0.508. The van der Waals surface area contributed by atoms with E-state index in [1.807, 2.05) is 0 Å². The van der Waals surface area contributed by atoms with Gasteiger partial charge in [0.1, 0.15) is 5.56 Å². The largest absolute Gasteiger partial charge is 0.349 e. The molecule has 1 heterocycles. The van der Waals surface area contributed by atoms with E-state index < -0.39 is 16.5 Å².